The lowest BCUT2D eigenvalue weighted by Crippen LogP contribution is -2.47. The molecular weight excluding hydrogens is 469 g/mol. The normalized spacial score (nSPS) is 24.2. The Bertz CT molecular complexity index is 644. The Hall–Kier alpha value is -0.930. The lowest BCUT2D eigenvalue weighted by molar-refractivity contribution is 0.0992. The van der Waals surface area contributed by atoms with Crippen molar-refractivity contribution in [2.24, 2.45) is 4.99 Å². The van der Waals surface area contributed by atoms with E-state index in [0.717, 1.165) is 24.4 Å². The fourth-order valence-corrected chi connectivity index (χ4v) is 3.79. The van der Waals surface area contributed by atoms with E-state index in [4.69, 9.17) is 25.8 Å². The van der Waals surface area contributed by atoms with Gasteiger partial charge in [-0.25, -0.2) is 0 Å². The monoisotopic (exact) mass is 495 g/mol. The van der Waals surface area contributed by atoms with Gasteiger partial charge < -0.3 is 24.8 Å². The summed E-state index contributed by atoms with van der Waals surface area (Å²) in [5, 5.41) is 7.34. The summed E-state index contributed by atoms with van der Waals surface area (Å²) in [6.45, 7) is 3.04. The number of guanidine groups is 1. The molecule has 3 unspecified atom stereocenters. The maximum atomic E-state index is 6.33. The summed E-state index contributed by atoms with van der Waals surface area (Å²) in [5.41, 5.74) is 0.998. The highest BCUT2D eigenvalue weighted by Gasteiger charge is 2.41. The number of hydrogen-bond acceptors (Lipinski definition) is 4. The van der Waals surface area contributed by atoms with E-state index in [9.17, 15) is 0 Å². The Kier molecular flexibility index (Phi) is 8.09. The van der Waals surface area contributed by atoms with Crippen LogP contribution >= 0.6 is 35.6 Å². The molecule has 0 spiro atoms. The SMILES string of the molecule is CCOc1c(Cl)cc(CNC(=NC)NC2CC3CCC2O3)cc1OC.I. The lowest BCUT2D eigenvalue weighted by Gasteiger charge is -2.23. The van der Waals surface area contributed by atoms with Crippen LogP contribution in [-0.2, 0) is 11.3 Å². The van der Waals surface area contributed by atoms with Gasteiger partial charge in [-0.2, -0.15) is 0 Å². The Morgan fingerprint density at radius 3 is 2.77 bits per heavy atom. The summed E-state index contributed by atoms with van der Waals surface area (Å²) in [6, 6.07) is 4.15. The molecule has 146 valence electrons. The van der Waals surface area contributed by atoms with Gasteiger partial charge in [0, 0.05) is 13.6 Å². The minimum Gasteiger partial charge on any atom is -0.493 e. The van der Waals surface area contributed by atoms with Crippen molar-refractivity contribution in [3.8, 4) is 11.5 Å². The molecule has 3 atom stereocenters. The number of halogens is 2. The number of rotatable bonds is 6. The van der Waals surface area contributed by atoms with Crippen LogP contribution < -0.4 is 20.1 Å². The number of fused-ring (bicyclic) bond motifs is 2. The molecule has 2 saturated heterocycles. The number of nitrogens with one attached hydrogen (secondary N) is 2. The number of methoxy groups -OCH3 is 1. The van der Waals surface area contributed by atoms with E-state index in [0.29, 0.717) is 47.9 Å². The topological polar surface area (TPSA) is 64.1 Å². The molecule has 2 bridgehead atoms. The smallest absolute Gasteiger partial charge is 0.191 e. The van der Waals surface area contributed by atoms with Crippen LogP contribution in [0.4, 0.5) is 0 Å². The van der Waals surface area contributed by atoms with Gasteiger partial charge in [-0.1, -0.05) is 11.6 Å². The molecule has 0 aliphatic carbocycles. The minimum atomic E-state index is 0. The molecule has 3 rings (SSSR count). The third-order valence-electron chi connectivity index (χ3n) is 4.69. The second-order valence-corrected chi connectivity index (χ2v) is 6.74. The number of nitrogens with zero attached hydrogens (tertiary/aromatic N) is 1. The van der Waals surface area contributed by atoms with Crippen LogP contribution in [0, 0.1) is 0 Å². The largest absolute Gasteiger partial charge is 0.493 e. The molecule has 2 N–H and O–H groups in total. The highest BCUT2D eigenvalue weighted by atomic mass is 127. The van der Waals surface area contributed by atoms with Gasteiger partial charge in [0.15, 0.2) is 17.5 Å². The summed E-state index contributed by atoms with van der Waals surface area (Å²) in [5.74, 6) is 1.98. The van der Waals surface area contributed by atoms with E-state index in [1.807, 2.05) is 19.1 Å². The van der Waals surface area contributed by atoms with Gasteiger partial charge in [-0.15, -0.1) is 24.0 Å². The lowest BCUT2D eigenvalue weighted by atomic mass is 9.96. The van der Waals surface area contributed by atoms with Crippen LogP contribution in [0.1, 0.15) is 31.7 Å². The fourth-order valence-electron chi connectivity index (χ4n) is 3.51. The molecule has 0 radical (unpaired) electrons. The molecule has 2 aliphatic heterocycles. The van der Waals surface area contributed by atoms with Gasteiger partial charge in [0.2, 0.25) is 0 Å². The first-order valence-corrected chi connectivity index (χ1v) is 9.14. The van der Waals surface area contributed by atoms with Crippen LogP contribution in [-0.4, -0.2) is 45.0 Å². The van der Waals surface area contributed by atoms with Crippen LogP contribution in [0.15, 0.2) is 17.1 Å². The van der Waals surface area contributed by atoms with E-state index < -0.39 is 0 Å². The summed E-state index contributed by atoms with van der Waals surface area (Å²) in [6.07, 6.45) is 4.08. The van der Waals surface area contributed by atoms with E-state index in [1.165, 1.54) is 6.42 Å². The van der Waals surface area contributed by atoms with Crippen LogP contribution in [0.25, 0.3) is 0 Å². The molecule has 0 amide bonds. The Morgan fingerprint density at radius 2 is 2.19 bits per heavy atom. The third kappa shape index (κ3) is 4.86. The van der Waals surface area contributed by atoms with Crippen molar-refractivity contribution in [1.29, 1.82) is 0 Å². The van der Waals surface area contributed by atoms with Gasteiger partial charge in [0.05, 0.1) is 37.0 Å². The van der Waals surface area contributed by atoms with Gasteiger partial charge in [-0.3, -0.25) is 4.99 Å². The van der Waals surface area contributed by atoms with E-state index in [1.54, 1.807) is 14.2 Å². The molecule has 26 heavy (non-hydrogen) atoms. The van der Waals surface area contributed by atoms with Crippen molar-refractivity contribution in [3.05, 3.63) is 22.7 Å². The number of hydrogen-bond donors (Lipinski definition) is 2. The first-order chi connectivity index (χ1) is 12.1. The first kappa shape index (κ1) is 21.4. The highest BCUT2D eigenvalue weighted by Crippen LogP contribution is 2.36. The predicted octanol–water partition coefficient (Wildman–Crippen LogP) is 3.35. The average Bonchev–Trinajstić information content (AvgIpc) is 3.23. The Morgan fingerprint density at radius 1 is 1.38 bits per heavy atom. The number of ether oxygens (including phenoxy) is 3. The van der Waals surface area contributed by atoms with E-state index in [-0.39, 0.29) is 24.0 Å². The molecule has 1 aromatic rings. The van der Waals surface area contributed by atoms with Crippen molar-refractivity contribution in [2.45, 2.75) is 51.0 Å². The van der Waals surface area contributed by atoms with Crippen molar-refractivity contribution >= 4 is 41.5 Å². The second kappa shape index (κ2) is 9.85. The molecule has 0 saturated carbocycles. The van der Waals surface area contributed by atoms with Crippen LogP contribution in [0.3, 0.4) is 0 Å². The standard InChI is InChI=1S/C18H26ClN3O3.HI/c1-4-24-17-13(19)7-11(8-16(17)23-3)10-21-18(20-2)22-14-9-12-5-6-15(14)25-12;/h7-8,12,14-15H,4-6,9-10H2,1-3H3,(H2,20,21,22);1H. The second-order valence-electron chi connectivity index (χ2n) is 6.33. The summed E-state index contributed by atoms with van der Waals surface area (Å²) in [7, 11) is 3.39. The molecule has 0 aromatic heterocycles. The molecule has 1 aromatic carbocycles. The van der Waals surface area contributed by atoms with Gasteiger partial charge >= 0.3 is 0 Å². The molecular formula is C18H27ClIN3O3. The maximum Gasteiger partial charge on any atom is 0.191 e. The van der Waals surface area contributed by atoms with Crippen molar-refractivity contribution < 1.29 is 14.2 Å². The quantitative estimate of drug-likeness (QED) is 0.360. The van der Waals surface area contributed by atoms with Gasteiger partial charge in [0.1, 0.15) is 0 Å². The van der Waals surface area contributed by atoms with Crippen molar-refractivity contribution in [2.75, 3.05) is 20.8 Å². The summed E-state index contributed by atoms with van der Waals surface area (Å²) >= 11 is 6.33. The predicted molar refractivity (Wildman–Crippen MR) is 114 cm³/mol. The van der Waals surface area contributed by atoms with Gasteiger partial charge in [-0.05, 0) is 43.9 Å². The molecule has 2 heterocycles. The minimum absolute atomic E-state index is 0. The Labute approximate surface area is 177 Å². The average molecular weight is 496 g/mol. The van der Waals surface area contributed by atoms with Gasteiger partial charge in [0.25, 0.3) is 0 Å². The number of aliphatic imine (C=N–C) groups is 1. The third-order valence-corrected chi connectivity index (χ3v) is 4.97. The molecule has 8 heteroatoms. The maximum absolute atomic E-state index is 6.33. The Balaban J connectivity index is 0.00000243. The van der Waals surface area contributed by atoms with Crippen molar-refractivity contribution in [3.63, 3.8) is 0 Å². The van der Waals surface area contributed by atoms with E-state index in [2.05, 4.69) is 15.6 Å². The zero-order chi connectivity index (χ0) is 17.8. The first-order valence-electron chi connectivity index (χ1n) is 8.76. The van der Waals surface area contributed by atoms with Crippen molar-refractivity contribution in [1.82, 2.24) is 10.6 Å². The zero-order valence-electron chi connectivity index (χ0n) is 15.4. The summed E-state index contributed by atoms with van der Waals surface area (Å²) < 4.78 is 16.8. The molecule has 6 nitrogen and oxygen atoms in total. The van der Waals surface area contributed by atoms with Crippen LogP contribution in [0.5, 0.6) is 11.5 Å². The van der Waals surface area contributed by atoms with E-state index >= 15 is 0 Å². The number of benzene rings is 1. The van der Waals surface area contributed by atoms with Crippen LogP contribution in [0.2, 0.25) is 5.02 Å². The summed E-state index contributed by atoms with van der Waals surface area (Å²) in [4.78, 5) is 4.31. The molecule has 2 aliphatic rings. The fraction of sp³-hybridized carbons (Fsp3) is 0.611. The highest BCUT2D eigenvalue weighted by molar-refractivity contribution is 14.0. The molecule has 2 fully saturated rings. The zero-order valence-corrected chi connectivity index (χ0v) is 18.5.